The van der Waals surface area contributed by atoms with Crippen molar-refractivity contribution < 1.29 is 0 Å². The summed E-state index contributed by atoms with van der Waals surface area (Å²) in [4.78, 5) is 2.42. The Labute approximate surface area is 307 Å². The Morgan fingerprint density at radius 2 is 0.923 bits per heavy atom. The molecule has 244 valence electrons. The molecule has 0 radical (unpaired) electrons. The van der Waals surface area contributed by atoms with Crippen molar-refractivity contribution in [1.82, 2.24) is 0 Å². The van der Waals surface area contributed by atoms with Crippen LogP contribution in [0.4, 0.5) is 17.1 Å². The Kier molecular flexibility index (Phi) is 7.41. The van der Waals surface area contributed by atoms with E-state index in [9.17, 15) is 0 Å². The van der Waals surface area contributed by atoms with Crippen molar-refractivity contribution in [2.45, 2.75) is 0 Å². The van der Waals surface area contributed by atoms with E-state index in [0.29, 0.717) is 0 Å². The van der Waals surface area contributed by atoms with Gasteiger partial charge in [-0.2, -0.15) is 0 Å². The molecule has 0 unspecified atom stereocenters. The highest BCUT2D eigenvalue weighted by Gasteiger charge is 2.20. The zero-order valence-electron chi connectivity index (χ0n) is 28.4. The standard InChI is InChI=1S/C50H33NS/c1-3-12-34(13-4-1)36-22-26-42(27-23-36)51(43-28-24-35-14-7-8-17-38(35)30-43)48-29-25-41(32-46(48)37-15-5-2-6-16-37)44-20-11-21-45-47-31-39-18-9-10-19-40(39)33-49(47)52-50(44)45/h1-33H. The Morgan fingerprint density at radius 1 is 0.327 bits per heavy atom. The molecule has 10 rings (SSSR count). The highest BCUT2D eigenvalue weighted by Crippen LogP contribution is 2.46. The number of fused-ring (bicyclic) bond motifs is 5. The third kappa shape index (κ3) is 5.33. The molecule has 0 aliphatic carbocycles. The molecule has 0 saturated heterocycles. The van der Waals surface area contributed by atoms with Crippen LogP contribution < -0.4 is 4.90 Å². The molecule has 2 heteroatoms. The van der Waals surface area contributed by atoms with Crippen LogP contribution in [0.3, 0.4) is 0 Å². The van der Waals surface area contributed by atoms with Gasteiger partial charge < -0.3 is 4.90 Å². The second-order valence-corrected chi connectivity index (χ2v) is 14.4. The number of benzene rings is 9. The monoisotopic (exact) mass is 679 g/mol. The van der Waals surface area contributed by atoms with Crippen LogP contribution >= 0.6 is 11.3 Å². The zero-order chi connectivity index (χ0) is 34.4. The van der Waals surface area contributed by atoms with Crippen LogP contribution in [-0.4, -0.2) is 0 Å². The number of anilines is 3. The SMILES string of the molecule is c1ccc(-c2ccc(N(c3ccc4ccccc4c3)c3ccc(-c4cccc5c4sc4cc6ccccc6cc45)cc3-c3ccccc3)cc2)cc1. The first-order valence-electron chi connectivity index (χ1n) is 17.8. The fraction of sp³-hybridized carbons (Fsp3) is 0. The topological polar surface area (TPSA) is 3.24 Å². The molecular formula is C50H33NS. The fourth-order valence-corrected chi connectivity index (χ4v) is 8.90. The summed E-state index contributed by atoms with van der Waals surface area (Å²) in [5.74, 6) is 0. The summed E-state index contributed by atoms with van der Waals surface area (Å²) < 4.78 is 2.64. The van der Waals surface area contributed by atoms with Gasteiger partial charge in [-0.05, 0) is 97.9 Å². The molecule has 0 N–H and O–H groups in total. The van der Waals surface area contributed by atoms with E-state index in [4.69, 9.17) is 0 Å². The molecule has 1 aromatic heterocycles. The van der Waals surface area contributed by atoms with Crippen molar-refractivity contribution in [1.29, 1.82) is 0 Å². The van der Waals surface area contributed by atoms with Crippen LogP contribution in [0.15, 0.2) is 200 Å². The molecule has 0 bridgehead atoms. The predicted octanol–water partition coefficient (Wildman–Crippen LogP) is 14.8. The summed E-state index contributed by atoms with van der Waals surface area (Å²) >= 11 is 1.89. The minimum atomic E-state index is 1.11. The molecule has 0 aliphatic heterocycles. The zero-order valence-corrected chi connectivity index (χ0v) is 29.2. The van der Waals surface area contributed by atoms with E-state index in [0.717, 1.165) is 17.1 Å². The summed E-state index contributed by atoms with van der Waals surface area (Å²) in [7, 11) is 0. The first-order chi connectivity index (χ1) is 25.8. The van der Waals surface area contributed by atoms with Gasteiger partial charge in [0.1, 0.15) is 0 Å². The number of hydrogen-bond donors (Lipinski definition) is 0. The molecule has 1 nitrogen and oxygen atoms in total. The highest BCUT2D eigenvalue weighted by atomic mass is 32.1. The number of nitrogens with zero attached hydrogens (tertiary/aromatic N) is 1. The molecule has 0 amide bonds. The van der Waals surface area contributed by atoms with Crippen molar-refractivity contribution in [3.05, 3.63) is 200 Å². The number of rotatable bonds is 6. The molecule has 0 saturated carbocycles. The van der Waals surface area contributed by atoms with E-state index in [1.807, 2.05) is 11.3 Å². The molecule has 0 aliphatic rings. The predicted molar refractivity (Wildman–Crippen MR) is 225 cm³/mol. The molecule has 0 spiro atoms. The largest absolute Gasteiger partial charge is 0.310 e. The molecular weight excluding hydrogens is 647 g/mol. The van der Waals surface area contributed by atoms with E-state index in [1.54, 1.807) is 0 Å². The maximum Gasteiger partial charge on any atom is 0.0540 e. The van der Waals surface area contributed by atoms with Crippen LogP contribution in [0.1, 0.15) is 0 Å². The van der Waals surface area contributed by atoms with Gasteiger partial charge in [0.15, 0.2) is 0 Å². The molecule has 1 heterocycles. The average molecular weight is 680 g/mol. The van der Waals surface area contributed by atoms with Gasteiger partial charge >= 0.3 is 0 Å². The second kappa shape index (κ2) is 12.7. The first-order valence-corrected chi connectivity index (χ1v) is 18.6. The summed E-state index contributed by atoms with van der Waals surface area (Å²) in [6.45, 7) is 0. The Morgan fingerprint density at radius 3 is 1.67 bits per heavy atom. The van der Waals surface area contributed by atoms with Crippen LogP contribution in [0.2, 0.25) is 0 Å². The van der Waals surface area contributed by atoms with Gasteiger partial charge in [0, 0.05) is 37.1 Å². The number of hydrogen-bond acceptors (Lipinski definition) is 2. The minimum Gasteiger partial charge on any atom is -0.310 e. The highest BCUT2D eigenvalue weighted by molar-refractivity contribution is 7.26. The molecule has 10 aromatic rings. The van der Waals surface area contributed by atoms with Gasteiger partial charge in [0.05, 0.1) is 5.69 Å². The van der Waals surface area contributed by atoms with Crippen LogP contribution in [-0.2, 0) is 0 Å². The van der Waals surface area contributed by atoms with Gasteiger partial charge in [-0.1, -0.05) is 152 Å². The van der Waals surface area contributed by atoms with E-state index < -0.39 is 0 Å². The van der Waals surface area contributed by atoms with Crippen molar-refractivity contribution in [3.63, 3.8) is 0 Å². The van der Waals surface area contributed by atoms with E-state index >= 15 is 0 Å². The van der Waals surface area contributed by atoms with E-state index in [1.165, 1.54) is 75.1 Å². The normalized spacial score (nSPS) is 11.5. The van der Waals surface area contributed by atoms with E-state index in [-0.39, 0.29) is 0 Å². The van der Waals surface area contributed by atoms with Gasteiger partial charge in [0.2, 0.25) is 0 Å². The smallest absolute Gasteiger partial charge is 0.0540 e. The summed E-state index contributed by atoms with van der Waals surface area (Å²) in [5.41, 5.74) is 10.6. The third-order valence-electron chi connectivity index (χ3n) is 10.2. The van der Waals surface area contributed by atoms with Gasteiger partial charge in [-0.3, -0.25) is 0 Å². The molecule has 52 heavy (non-hydrogen) atoms. The Balaban J connectivity index is 1.18. The van der Waals surface area contributed by atoms with Crippen LogP contribution in [0.5, 0.6) is 0 Å². The van der Waals surface area contributed by atoms with Gasteiger partial charge in [-0.15, -0.1) is 11.3 Å². The summed E-state index contributed by atoms with van der Waals surface area (Å²) in [6.07, 6.45) is 0. The molecule has 9 aromatic carbocycles. The summed E-state index contributed by atoms with van der Waals surface area (Å²) in [5, 5.41) is 7.64. The quantitative estimate of drug-likeness (QED) is 0.169. The lowest BCUT2D eigenvalue weighted by molar-refractivity contribution is 1.29. The number of thiophene rings is 1. The first kappa shape index (κ1) is 30.4. The Hall–Kier alpha value is -6.48. The van der Waals surface area contributed by atoms with Gasteiger partial charge in [0.25, 0.3) is 0 Å². The van der Waals surface area contributed by atoms with Crippen LogP contribution in [0, 0.1) is 0 Å². The minimum absolute atomic E-state index is 1.11. The van der Waals surface area contributed by atoms with Crippen molar-refractivity contribution in [2.75, 3.05) is 4.90 Å². The third-order valence-corrected chi connectivity index (χ3v) is 11.4. The van der Waals surface area contributed by atoms with Crippen molar-refractivity contribution >= 4 is 70.1 Å². The maximum absolute atomic E-state index is 2.42. The summed E-state index contributed by atoms with van der Waals surface area (Å²) in [6, 6.07) is 73.0. The fourth-order valence-electron chi connectivity index (χ4n) is 7.63. The second-order valence-electron chi connectivity index (χ2n) is 13.4. The van der Waals surface area contributed by atoms with Crippen molar-refractivity contribution in [2.24, 2.45) is 0 Å². The van der Waals surface area contributed by atoms with Crippen LogP contribution in [0.25, 0.3) is 75.1 Å². The Bertz CT molecular complexity index is 2890. The lowest BCUT2D eigenvalue weighted by Gasteiger charge is -2.29. The van der Waals surface area contributed by atoms with Crippen molar-refractivity contribution in [3.8, 4) is 33.4 Å². The molecule has 0 fully saturated rings. The van der Waals surface area contributed by atoms with Gasteiger partial charge in [-0.25, -0.2) is 0 Å². The molecule has 0 atom stereocenters. The lowest BCUT2D eigenvalue weighted by atomic mass is 9.95. The maximum atomic E-state index is 2.42. The van der Waals surface area contributed by atoms with E-state index in [2.05, 4.69) is 205 Å². The average Bonchev–Trinajstić information content (AvgIpc) is 3.58. The lowest BCUT2D eigenvalue weighted by Crippen LogP contribution is -2.11.